The zero-order valence-corrected chi connectivity index (χ0v) is 27.2. The lowest BCUT2D eigenvalue weighted by Gasteiger charge is -2.26. The molecule has 0 bridgehead atoms. The van der Waals surface area contributed by atoms with Gasteiger partial charge in [-0.3, -0.25) is 9.36 Å². The van der Waals surface area contributed by atoms with Crippen LogP contribution in [-0.4, -0.2) is 50.6 Å². The number of ether oxygens (including phenoxy) is 4. The molecule has 1 heterocycles. The third kappa shape index (κ3) is 9.23. The van der Waals surface area contributed by atoms with Crippen LogP contribution in [0.2, 0.25) is 10.0 Å². The SMILES string of the molecule is C.CC.COCCc1cc(Cl)c(-n2cnc(N(Cc3ccc(OC)cc3)Cc3ccc(OC)cc3)c(C(=O)OC)c2=O)c(Cl)c1. The van der Waals surface area contributed by atoms with E-state index in [1.807, 2.05) is 67.3 Å². The Bertz CT molecular complexity index is 1520. The predicted molar refractivity (Wildman–Crippen MR) is 181 cm³/mol. The van der Waals surface area contributed by atoms with E-state index in [-0.39, 0.29) is 34.5 Å². The van der Waals surface area contributed by atoms with E-state index in [1.165, 1.54) is 18.0 Å². The van der Waals surface area contributed by atoms with Gasteiger partial charge in [0.1, 0.15) is 17.8 Å². The fourth-order valence-corrected chi connectivity index (χ4v) is 5.16. The minimum Gasteiger partial charge on any atom is -0.497 e. The van der Waals surface area contributed by atoms with E-state index < -0.39 is 11.5 Å². The molecule has 9 nitrogen and oxygen atoms in total. The zero-order chi connectivity index (χ0) is 32.2. The van der Waals surface area contributed by atoms with Crippen molar-refractivity contribution in [1.82, 2.24) is 9.55 Å². The predicted octanol–water partition coefficient (Wildman–Crippen LogP) is 7.40. The molecule has 0 saturated carbocycles. The van der Waals surface area contributed by atoms with Crippen LogP contribution in [-0.2, 0) is 29.0 Å². The Balaban J connectivity index is 0.00000230. The molecule has 4 aromatic rings. The van der Waals surface area contributed by atoms with E-state index in [0.29, 0.717) is 37.6 Å². The lowest BCUT2D eigenvalue weighted by molar-refractivity contribution is 0.0598. The van der Waals surface area contributed by atoms with Crippen molar-refractivity contribution in [3.05, 3.63) is 110 Å². The van der Waals surface area contributed by atoms with Crippen molar-refractivity contribution >= 4 is 35.0 Å². The van der Waals surface area contributed by atoms with E-state index in [4.69, 9.17) is 42.1 Å². The first-order chi connectivity index (χ1) is 21.3. The minimum absolute atomic E-state index is 0. The fourth-order valence-electron chi connectivity index (χ4n) is 4.45. The van der Waals surface area contributed by atoms with Crippen molar-refractivity contribution in [1.29, 1.82) is 0 Å². The number of benzene rings is 3. The van der Waals surface area contributed by atoms with E-state index in [9.17, 15) is 9.59 Å². The molecule has 3 aromatic carbocycles. The highest BCUT2D eigenvalue weighted by atomic mass is 35.5. The number of rotatable bonds is 12. The van der Waals surface area contributed by atoms with Gasteiger partial charge in [-0.2, -0.15) is 0 Å². The van der Waals surface area contributed by atoms with Crippen molar-refractivity contribution in [2.24, 2.45) is 0 Å². The number of carbonyl (C=O) groups excluding carboxylic acids is 1. The summed E-state index contributed by atoms with van der Waals surface area (Å²) in [5, 5.41) is 0.462. The fraction of sp³-hybridized carbons (Fsp3) is 0.324. The maximum atomic E-state index is 14.0. The van der Waals surface area contributed by atoms with Gasteiger partial charge in [-0.25, -0.2) is 9.78 Å². The minimum atomic E-state index is -0.838. The van der Waals surface area contributed by atoms with Crippen molar-refractivity contribution in [2.45, 2.75) is 40.8 Å². The molecule has 4 rings (SSSR count). The first kappa shape index (κ1) is 37.1. The van der Waals surface area contributed by atoms with Crippen LogP contribution in [0.5, 0.6) is 11.5 Å². The second-order valence-corrected chi connectivity index (χ2v) is 10.1. The second-order valence-electron chi connectivity index (χ2n) is 9.31. The highest BCUT2D eigenvalue weighted by Crippen LogP contribution is 2.31. The van der Waals surface area contributed by atoms with Gasteiger partial charge in [-0.05, 0) is 59.5 Å². The number of halogens is 2. The second kappa shape index (κ2) is 18.0. The summed E-state index contributed by atoms with van der Waals surface area (Å²) < 4.78 is 21.9. The van der Waals surface area contributed by atoms with E-state index >= 15 is 0 Å². The molecular formula is C34H41Cl2N3O6. The zero-order valence-electron chi connectivity index (χ0n) is 25.7. The Morgan fingerprint density at radius 1 is 0.822 bits per heavy atom. The van der Waals surface area contributed by atoms with Crippen LogP contribution in [0.1, 0.15) is 48.3 Å². The van der Waals surface area contributed by atoms with E-state index in [0.717, 1.165) is 16.7 Å². The van der Waals surface area contributed by atoms with Crippen LogP contribution >= 0.6 is 23.2 Å². The number of carbonyl (C=O) groups is 1. The van der Waals surface area contributed by atoms with Crippen molar-refractivity contribution in [2.75, 3.05) is 39.9 Å². The first-order valence-corrected chi connectivity index (χ1v) is 14.7. The smallest absolute Gasteiger partial charge is 0.347 e. The molecule has 0 fully saturated rings. The standard InChI is InChI=1S/C31H31Cl2N3O6.C2H6.CH4/c1-39-14-13-22-15-25(32)28(26(33)16-22)36-19-34-29(27(30(36)37)31(38)42-4)35(17-20-5-9-23(40-2)10-6-20)18-21-7-11-24(41-3)12-8-21;1-2;/h5-12,15-16,19H,13-14,17-18H2,1-4H3;1-2H3;1H4. The van der Waals surface area contributed by atoms with Gasteiger partial charge in [0.15, 0.2) is 11.4 Å². The number of esters is 1. The molecule has 11 heteroatoms. The summed E-state index contributed by atoms with van der Waals surface area (Å²) in [4.78, 5) is 33.5. The summed E-state index contributed by atoms with van der Waals surface area (Å²) in [6, 6.07) is 18.4. The number of hydrogen-bond acceptors (Lipinski definition) is 8. The lowest BCUT2D eigenvalue weighted by atomic mass is 10.1. The van der Waals surface area contributed by atoms with Crippen molar-refractivity contribution in [3.8, 4) is 17.2 Å². The molecule has 0 aliphatic heterocycles. The highest BCUT2D eigenvalue weighted by Gasteiger charge is 2.26. The third-order valence-electron chi connectivity index (χ3n) is 6.62. The number of methoxy groups -OCH3 is 4. The van der Waals surface area contributed by atoms with Gasteiger partial charge < -0.3 is 23.8 Å². The van der Waals surface area contributed by atoms with Gasteiger partial charge in [0.2, 0.25) is 0 Å². The largest absolute Gasteiger partial charge is 0.497 e. The molecule has 0 unspecified atom stereocenters. The van der Waals surface area contributed by atoms with Crippen molar-refractivity contribution < 1.29 is 23.7 Å². The number of anilines is 1. The molecule has 0 aliphatic rings. The Hall–Kier alpha value is -4.05. The first-order valence-electron chi connectivity index (χ1n) is 14.0. The average Bonchev–Trinajstić information content (AvgIpc) is 3.05. The van der Waals surface area contributed by atoms with Gasteiger partial charge in [0, 0.05) is 20.2 Å². The Kier molecular flexibility index (Phi) is 14.9. The Morgan fingerprint density at radius 3 is 1.73 bits per heavy atom. The van der Waals surface area contributed by atoms with Gasteiger partial charge in [0.25, 0.3) is 5.56 Å². The summed E-state index contributed by atoms with van der Waals surface area (Å²) in [5.74, 6) is 0.728. The van der Waals surface area contributed by atoms with Gasteiger partial charge in [0.05, 0.1) is 43.7 Å². The molecule has 0 atom stereocenters. The normalized spacial score (nSPS) is 10.2. The molecule has 0 N–H and O–H groups in total. The molecule has 0 amide bonds. The van der Waals surface area contributed by atoms with Gasteiger partial charge in [-0.1, -0.05) is 68.7 Å². The van der Waals surface area contributed by atoms with Crippen LogP contribution in [0.3, 0.4) is 0 Å². The van der Waals surface area contributed by atoms with Crippen LogP contribution < -0.4 is 19.9 Å². The molecule has 0 aliphatic carbocycles. The number of nitrogens with zero attached hydrogens (tertiary/aromatic N) is 3. The maximum Gasteiger partial charge on any atom is 0.347 e. The van der Waals surface area contributed by atoms with Crippen LogP contribution in [0.4, 0.5) is 5.82 Å². The quantitative estimate of drug-likeness (QED) is 0.146. The molecular weight excluding hydrogens is 617 g/mol. The molecule has 242 valence electrons. The number of hydrogen-bond donors (Lipinski definition) is 0. The third-order valence-corrected chi connectivity index (χ3v) is 7.19. The Labute approximate surface area is 275 Å². The molecule has 0 radical (unpaired) electrons. The Morgan fingerprint density at radius 2 is 1.31 bits per heavy atom. The summed E-state index contributed by atoms with van der Waals surface area (Å²) >= 11 is 13.2. The highest BCUT2D eigenvalue weighted by molar-refractivity contribution is 6.37. The number of aromatic nitrogens is 2. The molecule has 0 spiro atoms. The monoisotopic (exact) mass is 657 g/mol. The van der Waals surface area contributed by atoms with E-state index in [1.54, 1.807) is 33.5 Å². The van der Waals surface area contributed by atoms with Crippen LogP contribution in [0.15, 0.2) is 71.8 Å². The van der Waals surface area contributed by atoms with E-state index in [2.05, 4.69) is 4.98 Å². The summed E-state index contributed by atoms with van der Waals surface area (Å²) in [6.45, 7) is 5.13. The maximum absolute atomic E-state index is 14.0. The van der Waals surface area contributed by atoms with Crippen LogP contribution in [0, 0.1) is 0 Å². The summed E-state index contributed by atoms with van der Waals surface area (Å²) in [5.41, 5.74) is 1.94. The summed E-state index contributed by atoms with van der Waals surface area (Å²) in [7, 11) is 6.01. The summed E-state index contributed by atoms with van der Waals surface area (Å²) in [6.07, 6.45) is 1.91. The van der Waals surface area contributed by atoms with Gasteiger partial charge >= 0.3 is 5.97 Å². The lowest BCUT2D eigenvalue weighted by Crippen LogP contribution is -2.33. The molecule has 0 saturated heterocycles. The molecule has 45 heavy (non-hydrogen) atoms. The van der Waals surface area contributed by atoms with Crippen LogP contribution in [0.25, 0.3) is 5.69 Å². The topological polar surface area (TPSA) is 92.1 Å². The average molecular weight is 659 g/mol. The van der Waals surface area contributed by atoms with Gasteiger partial charge in [-0.15, -0.1) is 0 Å². The molecule has 1 aromatic heterocycles. The van der Waals surface area contributed by atoms with Crippen molar-refractivity contribution in [3.63, 3.8) is 0 Å².